The standard InChI is InChI=1S/C38H48N6O7S2/c1-8-20(5)32-36(46)44-27(34(45)42-38(16-22(38)9-2)37(47)43-53(48,49)23-10-11-23)15-31(28(44)17-39-32)51-30-14-25(35-41-26(18-52-35)19(3)4)40-33-21(6)29(50-7)13-12-24(30)33/h9,12-14,18-20,22-23,27-28,31-32,39H,2,8,10-11,15-17H2,1,3-7H3,(H,42,45)(H,43,47)/t20-,22-,27+,28-,31-,32-,38-/m1/s1. The molecule has 2 aliphatic heterocycles. The molecule has 0 spiro atoms. The van der Waals surface area contributed by atoms with E-state index in [1.165, 1.54) is 11.3 Å². The molecule has 3 N–H and O–H groups in total. The van der Waals surface area contributed by atoms with E-state index in [2.05, 4.69) is 35.8 Å². The first-order valence-corrected chi connectivity index (χ1v) is 20.8. The number of methoxy groups -OCH3 is 1. The maximum Gasteiger partial charge on any atom is 0.259 e. The van der Waals surface area contributed by atoms with Crippen LogP contribution in [0.3, 0.4) is 0 Å². The molecule has 7 rings (SSSR count). The number of pyridine rings is 1. The quantitative estimate of drug-likeness (QED) is 0.215. The number of aromatic nitrogens is 2. The van der Waals surface area contributed by atoms with Gasteiger partial charge in [0, 0.05) is 41.3 Å². The Morgan fingerprint density at radius 1 is 1.21 bits per heavy atom. The van der Waals surface area contributed by atoms with Gasteiger partial charge in [0.05, 0.1) is 35.7 Å². The fraction of sp³-hybridized carbons (Fsp3) is 0.553. The number of piperazine rings is 1. The van der Waals surface area contributed by atoms with Crippen LogP contribution in [0.5, 0.6) is 11.5 Å². The van der Waals surface area contributed by atoms with Crippen LogP contribution in [-0.4, -0.2) is 89.7 Å². The average Bonchev–Trinajstić information content (AvgIpc) is 4.02. The molecule has 7 atom stereocenters. The number of sulfonamides is 1. The van der Waals surface area contributed by atoms with Crippen molar-refractivity contribution in [3.8, 4) is 22.2 Å². The Bertz CT molecular complexity index is 2080. The Kier molecular flexibility index (Phi) is 9.81. The molecule has 3 amide bonds. The van der Waals surface area contributed by atoms with E-state index in [1.54, 1.807) is 18.1 Å². The molecular weight excluding hydrogens is 717 g/mol. The van der Waals surface area contributed by atoms with E-state index in [4.69, 9.17) is 19.4 Å². The van der Waals surface area contributed by atoms with Gasteiger partial charge in [0.1, 0.15) is 39.9 Å². The molecule has 4 heterocycles. The molecule has 0 bridgehead atoms. The van der Waals surface area contributed by atoms with Crippen molar-refractivity contribution in [3.63, 3.8) is 0 Å². The lowest BCUT2D eigenvalue weighted by Crippen LogP contribution is -2.65. The number of rotatable bonds is 13. The first-order chi connectivity index (χ1) is 25.2. The van der Waals surface area contributed by atoms with Crippen molar-refractivity contribution in [2.24, 2.45) is 11.8 Å². The van der Waals surface area contributed by atoms with E-state index in [0.717, 1.165) is 28.1 Å². The molecule has 0 unspecified atom stereocenters. The van der Waals surface area contributed by atoms with Gasteiger partial charge in [-0.05, 0) is 50.2 Å². The molecule has 0 radical (unpaired) electrons. The van der Waals surface area contributed by atoms with Crippen LogP contribution in [0, 0.1) is 18.8 Å². The Balaban J connectivity index is 1.24. The van der Waals surface area contributed by atoms with Gasteiger partial charge in [-0.15, -0.1) is 17.9 Å². The molecule has 13 nitrogen and oxygen atoms in total. The molecule has 2 aromatic heterocycles. The minimum absolute atomic E-state index is 0.00383. The maximum absolute atomic E-state index is 14.4. The van der Waals surface area contributed by atoms with Crippen LogP contribution in [-0.2, 0) is 24.4 Å². The predicted molar refractivity (Wildman–Crippen MR) is 202 cm³/mol. The summed E-state index contributed by atoms with van der Waals surface area (Å²) >= 11 is 1.50. The molecule has 1 aromatic carbocycles. The molecule has 3 aromatic rings. The number of ether oxygens (including phenoxy) is 2. The Morgan fingerprint density at radius 2 is 1.96 bits per heavy atom. The van der Waals surface area contributed by atoms with Crippen LogP contribution in [0.25, 0.3) is 21.6 Å². The topological polar surface area (TPSA) is 169 Å². The number of nitrogens with zero attached hydrogens (tertiary/aromatic N) is 3. The zero-order chi connectivity index (χ0) is 38.0. The van der Waals surface area contributed by atoms with E-state index in [0.29, 0.717) is 42.1 Å². The predicted octanol–water partition coefficient (Wildman–Crippen LogP) is 4.20. The van der Waals surface area contributed by atoms with Crippen molar-refractivity contribution in [1.29, 1.82) is 0 Å². The monoisotopic (exact) mass is 764 g/mol. The number of hydrogen-bond donors (Lipinski definition) is 3. The highest BCUT2D eigenvalue weighted by Crippen LogP contribution is 2.46. The van der Waals surface area contributed by atoms with E-state index >= 15 is 0 Å². The smallest absolute Gasteiger partial charge is 0.259 e. The van der Waals surface area contributed by atoms with E-state index < -0.39 is 62.8 Å². The number of amides is 3. The van der Waals surface area contributed by atoms with E-state index in [9.17, 15) is 22.8 Å². The fourth-order valence-electron chi connectivity index (χ4n) is 7.64. The molecule has 53 heavy (non-hydrogen) atoms. The Morgan fingerprint density at radius 3 is 2.58 bits per heavy atom. The number of thiazole rings is 1. The maximum atomic E-state index is 14.4. The van der Waals surface area contributed by atoms with Gasteiger partial charge in [-0.25, -0.2) is 18.4 Å². The first-order valence-electron chi connectivity index (χ1n) is 18.4. The zero-order valence-corrected chi connectivity index (χ0v) is 32.6. The molecule has 2 aliphatic carbocycles. The number of fused-ring (bicyclic) bond motifs is 2. The number of aryl methyl sites for hydroxylation is 1. The molecule has 4 fully saturated rings. The number of hydrogen-bond acceptors (Lipinski definition) is 11. The summed E-state index contributed by atoms with van der Waals surface area (Å²) in [6, 6.07) is 3.65. The van der Waals surface area contributed by atoms with Crippen LogP contribution < -0.4 is 24.8 Å². The third-order valence-electron chi connectivity index (χ3n) is 11.4. The molecule has 15 heteroatoms. The van der Waals surface area contributed by atoms with Gasteiger partial charge >= 0.3 is 0 Å². The van der Waals surface area contributed by atoms with Crippen molar-refractivity contribution in [2.45, 2.75) is 108 Å². The van der Waals surface area contributed by atoms with Crippen LogP contribution in [0.2, 0.25) is 0 Å². The van der Waals surface area contributed by atoms with Gasteiger partial charge in [0.2, 0.25) is 21.8 Å². The van der Waals surface area contributed by atoms with Gasteiger partial charge in [-0.1, -0.05) is 40.2 Å². The van der Waals surface area contributed by atoms with Crippen molar-refractivity contribution in [3.05, 3.63) is 47.5 Å². The fourth-order valence-corrected chi connectivity index (χ4v) is 9.95. The molecule has 284 valence electrons. The lowest BCUT2D eigenvalue weighted by molar-refractivity contribution is -0.146. The second-order valence-electron chi connectivity index (χ2n) is 15.2. The lowest BCUT2D eigenvalue weighted by atomic mass is 9.94. The summed E-state index contributed by atoms with van der Waals surface area (Å²) in [7, 11) is -2.24. The summed E-state index contributed by atoms with van der Waals surface area (Å²) in [5, 5.41) is 9.24. The SMILES string of the molecule is C=C[C@@H]1C[C@]1(NC(=O)[C@@H]1C[C@@H](Oc2cc(-c3nc(C(C)C)cs3)nc3c(C)c(OC)ccc23)[C@H]2CN[C@H]([C@H](C)CC)C(=O)N21)C(=O)NS(=O)(=O)C1CC1. The van der Waals surface area contributed by atoms with E-state index in [1.807, 2.05) is 44.4 Å². The summed E-state index contributed by atoms with van der Waals surface area (Å²) in [5.74, 6) is -0.521. The van der Waals surface area contributed by atoms with E-state index in [-0.39, 0.29) is 30.6 Å². The van der Waals surface area contributed by atoms with Crippen LogP contribution >= 0.6 is 11.3 Å². The van der Waals surface area contributed by atoms with Gasteiger partial charge in [-0.2, -0.15) is 0 Å². The third kappa shape index (κ3) is 6.69. The highest BCUT2D eigenvalue weighted by atomic mass is 32.2. The summed E-state index contributed by atoms with van der Waals surface area (Å²) < 4.78 is 40.2. The number of carbonyl (C=O) groups is 3. The number of carbonyl (C=O) groups excluding carboxylic acids is 3. The van der Waals surface area contributed by atoms with Gasteiger partial charge in [-0.3, -0.25) is 19.1 Å². The third-order valence-corrected chi connectivity index (χ3v) is 14.1. The van der Waals surface area contributed by atoms with Crippen LogP contribution in [0.4, 0.5) is 0 Å². The lowest BCUT2D eigenvalue weighted by Gasteiger charge is -2.41. The molecular formula is C38H48N6O7S2. The highest BCUT2D eigenvalue weighted by Gasteiger charge is 2.62. The van der Waals surface area contributed by atoms with Crippen LogP contribution in [0.1, 0.15) is 77.0 Å². The number of benzene rings is 1. The van der Waals surface area contributed by atoms with Crippen molar-refractivity contribution < 1.29 is 32.3 Å². The molecule has 2 saturated heterocycles. The summed E-state index contributed by atoms with van der Waals surface area (Å²) in [6.45, 7) is 14.3. The zero-order valence-electron chi connectivity index (χ0n) is 31.0. The second-order valence-corrected chi connectivity index (χ2v) is 18.0. The molecule has 4 aliphatic rings. The van der Waals surface area contributed by atoms with Gasteiger partial charge < -0.3 is 25.0 Å². The summed E-state index contributed by atoms with van der Waals surface area (Å²) in [6.07, 6.45) is 3.03. The van der Waals surface area contributed by atoms with Crippen molar-refractivity contribution in [1.82, 2.24) is 30.2 Å². The first kappa shape index (κ1) is 37.2. The van der Waals surface area contributed by atoms with Gasteiger partial charge in [0.15, 0.2) is 0 Å². The largest absolute Gasteiger partial charge is 0.496 e. The second kappa shape index (κ2) is 14.0. The normalized spacial score (nSPS) is 27.3. The highest BCUT2D eigenvalue weighted by molar-refractivity contribution is 7.91. The average molecular weight is 765 g/mol. The molecule has 2 saturated carbocycles. The summed E-state index contributed by atoms with van der Waals surface area (Å²) in [4.78, 5) is 53.7. The minimum atomic E-state index is -3.85. The van der Waals surface area contributed by atoms with Crippen LogP contribution in [0.15, 0.2) is 36.2 Å². The Hall–Kier alpha value is -4.08. The van der Waals surface area contributed by atoms with Gasteiger partial charge in [0.25, 0.3) is 5.91 Å². The summed E-state index contributed by atoms with van der Waals surface area (Å²) in [5.41, 5.74) is 1.65. The minimum Gasteiger partial charge on any atom is -0.496 e. The van der Waals surface area contributed by atoms with Crippen molar-refractivity contribution >= 4 is 50.0 Å². The number of nitrogens with one attached hydrogen (secondary N) is 3. The van der Waals surface area contributed by atoms with Crippen molar-refractivity contribution in [2.75, 3.05) is 13.7 Å². The Labute approximate surface area is 314 Å².